The summed E-state index contributed by atoms with van der Waals surface area (Å²) in [6, 6.07) is 4.48. The van der Waals surface area contributed by atoms with E-state index in [0.29, 0.717) is 17.9 Å². The summed E-state index contributed by atoms with van der Waals surface area (Å²) in [7, 11) is 1.50. The molecule has 0 heterocycles. The third-order valence-electron chi connectivity index (χ3n) is 4.51. The van der Waals surface area contributed by atoms with Gasteiger partial charge in [0.1, 0.15) is 12.1 Å². The van der Waals surface area contributed by atoms with Gasteiger partial charge < -0.3 is 15.8 Å². The zero-order chi connectivity index (χ0) is 29.9. The molecule has 0 amide bonds. The number of carbonyl (C=O) groups is 2. The Bertz CT molecular complexity index is 546. The number of aryl methyl sites for hydroxylation is 4. The maximum absolute atomic E-state index is 10.5. The number of ketones is 1. The maximum atomic E-state index is 10.5. The van der Waals surface area contributed by atoms with Crippen LogP contribution in [0.15, 0.2) is 37.4 Å². The minimum absolute atomic E-state index is 0.330. The van der Waals surface area contributed by atoms with Crippen molar-refractivity contribution in [3.05, 3.63) is 59.7 Å². The van der Waals surface area contributed by atoms with Gasteiger partial charge in [-0.1, -0.05) is 85.9 Å². The highest BCUT2D eigenvalue weighted by Crippen LogP contribution is 2.13. The molecule has 0 fully saturated rings. The van der Waals surface area contributed by atoms with Crippen molar-refractivity contribution < 1.29 is 9.59 Å². The number of hydrogen-bond acceptors (Lipinski definition) is 4. The Labute approximate surface area is 227 Å². The lowest BCUT2D eigenvalue weighted by atomic mass is 10.0. The van der Waals surface area contributed by atoms with E-state index in [2.05, 4.69) is 77.5 Å². The number of nitrogens with one attached hydrogen (secondary N) is 1. The molecule has 0 aliphatic rings. The van der Waals surface area contributed by atoms with Crippen molar-refractivity contribution in [2.24, 2.45) is 5.73 Å². The van der Waals surface area contributed by atoms with Crippen molar-refractivity contribution in [3.63, 3.8) is 0 Å². The smallest absolute Gasteiger partial charge is 0.146 e. The van der Waals surface area contributed by atoms with Gasteiger partial charge in [-0.05, 0) is 82.5 Å². The van der Waals surface area contributed by atoms with Gasteiger partial charge in [0.05, 0.1) is 0 Å². The molecule has 4 heteroatoms. The van der Waals surface area contributed by atoms with Gasteiger partial charge in [-0.3, -0.25) is 4.79 Å². The first kappa shape index (κ1) is 47.2. The molecule has 0 saturated carbocycles. The SMILES string of the molecule is C=C.C=C(C=O)CNCC.CC.CC.CCCCCCCC(C)=O.CN.Cc1cc(C)c(C)cc1C. The number of rotatable bonds is 10. The Kier molecular flexibility index (Phi) is 56.5. The second-order valence-corrected chi connectivity index (χ2v) is 7.44. The molecule has 1 rings (SSSR count). The van der Waals surface area contributed by atoms with E-state index in [0.717, 1.165) is 25.7 Å². The van der Waals surface area contributed by atoms with Crippen molar-refractivity contribution in [1.29, 1.82) is 0 Å². The molecule has 0 bridgehead atoms. The van der Waals surface area contributed by atoms with Gasteiger partial charge in [-0.25, -0.2) is 0 Å². The van der Waals surface area contributed by atoms with Gasteiger partial charge in [0.25, 0.3) is 0 Å². The van der Waals surface area contributed by atoms with Crippen LogP contribution in [0.5, 0.6) is 0 Å². The first-order valence-electron chi connectivity index (χ1n) is 13.6. The van der Waals surface area contributed by atoms with Crippen molar-refractivity contribution >= 4 is 12.1 Å². The van der Waals surface area contributed by atoms with Crippen LogP contribution in [-0.2, 0) is 9.59 Å². The molecule has 0 radical (unpaired) electrons. The van der Waals surface area contributed by atoms with E-state index in [1.165, 1.54) is 55.0 Å². The Morgan fingerprint density at radius 3 is 1.47 bits per heavy atom. The zero-order valence-corrected chi connectivity index (χ0v) is 26.4. The summed E-state index contributed by atoms with van der Waals surface area (Å²) >= 11 is 0. The van der Waals surface area contributed by atoms with Gasteiger partial charge in [0.2, 0.25) is 0 Å². The van der Waals surface area contributed by atoms with Crippen LogP contribution in [-0.4, -0.2) is 32.2 Å². The summed E-state index contributed by atoms with van der Waals surface area (Å²) < 4.78 is 0. The second kappa shape index (κ2) is 43.1. The molecule has 214 valence electrons. The fourth-order valence-electron chi connectivity index (χ4n) is 2.41. The van der Waals surface area contributed by atoms with Crippen LogP contribution < -0.4 is 11.1 Å². The average molecular weight is 509 g/mol. The van der Waals surface area contributed by atoms with Gasteiger partial charge >= 0.3 is 0 Å². The molecule has 0 aliphatic heterocycles. The molecule has 0 spiro atoms. The molecule has 4 nitrogen and oxygen atoms in total. The van der Waals surface area contributed by atoms with Crippen molar-refractivity contribution in [2.75, 3.05) is 20.1 Å². The Morgan fingerprint density at radius 1 is 0.833 bits per heavy atom. The van der Waals surface area contributed by atoms with Crippen LogP contribution in [0.1, 0.15) is 109 Å². The highest BCUT2D eigenvalue weighted by atomic mass is 16.1. The summed E-state index contributed by atoms with van der Waals surface area (Å²) in [4.78, 5) is 20.3. The third kappa shape index (κ3) is 42.1. The topological polar surface area (TPSA) is 72.2 Å². The first-order chi connectivity index (χ1) is 17.2. The number of carbonyl (C=O) groups excluding carboxylic acids is 2. The third-order valence-corrected chi connectivity index (χ3v) is 4.51. The summed E-state index contributed by atoms with van der Waals surface area (Å²) in [5.41, 5.74) is 10.7. The first-order valence-corrected chi connectivity index (χ1v) is 13.6. The fraction of sp³-hybridized carbons (Fsp3) is 0.625. The van der Waals surface area contributed by atoms with Crippen LogP contribution in [0, 0.1) is 27.7 Å². The molecular formula is C32H64N2O2. The second-order valence-electron chi connectivity index (χ2n) is 7.44. The van der Waals surface area contributed by atoms with E-state index in [-0.39, 0.29) is 0 Å². The summed E-state index contributed by atoms with van der Waals surface area (Å²) in [5.74, 6) is 0.330. The molecule has 0 aliphatic carbocycles. The lowest BCUT2D eigenvalue weighted by molar-refractivity contribution is -0.117. The van der Waals surface area contributed by atoms with E-state index >= 15 is 0 Å². The number of unbranched alkanes of at least 4 members (excludes halogenated alkanes) is 4. The van der Waals surface area contributed by atoms with Gasteiger partial charge in [0, 0.05) is 13.0 Å². The number of nitrogens with two attached hydrogens (primary N) is 1. The predicted octanol–water partition coefficient (Wildman–Crippen LogP) is 8.64. The van der Waals surface area contributed by atoms with E-state index < -0.39 is 0 Å². The van der Waals surface area contributed by atoms with Crippen LogP contribution >= 0.6 is 0 Å². The maximum Gasteiger partial charge on any atom is 0.146 e. The molecule has 0 saturated heterocycles. The van der Waals surface area contributed by atoms with Crippen LogP contribution in [0.25, 0.3) is 0 Å². The van der Waals surface area contributed by atoms with Gasteiger partial charge in [-0.15, -0.1) is 13.2 Å². The standard InChI is InChI=1S/C10H14.C9H18O.C6H11NO.2C2H6.C2H4.CH5N/c1-7-5-9(3)10(4)6-8(7)2;1-3-4-5-6-7-8-9(2)10;1-3-7-4-6(2)5-8;4*1-2/h5-6H,1-4H3;3-8H2,1-2H3;5,7H,2-4H2,1H3;2*1-2H3;1-2H2;2H2,1H3. The van der Waals surface area contributed by atoms with E-state index in [9.17, 15) is 9.59 Å². The summed E-state index contributed by atoms with van der Waals surface area (Å²) in [6.45, 7) is 33.4. The van der Waals surface area contributed by atoms with Crippen molar-refractivity contribution in [1.82, 2.24) is 5.32 Å². The zero-order valence-electron chi connectivity index (χ0n) is 26.4. The number of likely N-dealkylation sites (N-methyl/N-ethyl adjacent to an activating group) is 1. The molecule has 1 aromatic carbocycles. The Hall–Kier alpha value is -2.04. The minimum Gasteiger partial charge on any atom is -0.333 e. The highest BCUT2D eigenvalue weighted by molar-refractivity contribution is 5.75. The molecule has 0 atom stereocenters. The van der Waals surface area contributed by atoms with E-state index in [1.807, 2.05) is 34.6 Å². The number of aldehydes is 1. The van der Waals surface area contributed by atoms with Crippen LogP contribution in [0.4, 0.5) is 0 Å². The highest BCUT2D eigenvalue weighted by Gasteiger charge is 1.95. The minimum atomic E-state index is 0.330. The van der Waals surface area contributed by atoms with Gasteiger partial charge in [-0.2, -0.15) is 0 Å². The van der Waals surface area contributed by atoms with E-state index in [4.69, 9.17) is 0 Å². The molecule has 3 N–H and O–H groups in total. The largest absolute Gasteiger partial charge is 0.333 e. The van der Waals surface area contributed by atoms with Gasteiger partial charge in [0.15, 0.2) is 0 Å². The molecular weight excluding hydrogens is 444 g/mol. The predicted molar refractivity (Wildman–Crippen MR) is 167 cm³/mol. The Morgan fingerprint density at radius 2 is 1.19 bits per heavy atom. The number of benzene rings is 1. The monoisotopic (exact) mass is 508 g/mol. The quantitative estimate of drug-likeness (QED) is 0.143. The number of hydrogen-bond donors (Lipinski definition) is 2. The lowest BCUT2D eigenvalue weighted by Crippen LogP contribution is -2.15. The molecule has 1 aromatic rings. The van der Waals surface area contributed by atoms with E-state index in [1.54, 1.807) is 6.92 Å². The average Bonchev–Trinajstić information content (AvgIpc) is 2.91. The number of Topliss-reactive ketones (excluding diaryl/α,β-unsaturated/α-hetero) is 1. The summed E-state index contributed by atoms with van der Waals surface area (Å²) in [6.07, 6.45) is 7.76. The van der Waals surface area contributed by atoms with Crippen LogP contribution in [0.3, 0.4) is 0 Å². The molecule has 36 heavy (non-hydrogen) atoms. The van der Waals surface area contributed by atoms with Crippen molar-refractivity contribution in [3.8, 4) is 0 Å². The molecule has 0 unspecified atom stereocenters. The summed E-state index contributed by atoms with van der Waals surface area (Å²) in [5, 5.41) is 2.97. The fourth-order valence-corrected chi connectivity index (χ4v) is 2.41. The lowest BCUT2D eigenvalue weighted by Gasteiger charge is -2.04. The normalized spacial score (nSPS) is 8.03. The Balaban J connectivity index is -0.0000000824. The van der Waals surface area contributed by atoms with Crippen molar-refractivity contribution in [2.45, 2.75) is 115 Å². The van der Waals surface area contributed by atoms with Crippen LogP contribution in [0.2, 0.25) is 0 Å². The molecule has 0 aromatic heterocycles.